The smallest absolute Gasteiger partial charge is 0.231 e. The van der Waals surface area contributed by atoms with E-state index in [-0.39, 0.29) is 4.90 Å². The second-order valence-electron chi connectivity index (χ2n) is 10.1. The number of hydrogen-bond donors (Lipinski definition) is 3. The Labute approximate surface area is 228 Å². The van der Waals surface area contributed by atoms with Crippen LogP contribution in [0.5, 0.6) is 5.75 Å². The minimum absolute atomic E-state index is 0.211. The minimum Gasteiger partial charge on any atom is -0.495 e. The Bertz CT molecular complexity index is 1610. The van der Waals surface area contributed by atoms with E-state index in [4.69, 9.17) is 14.5 Å². The summed E-state index contributed by atoms with van der Waals surface area (Å²) in [6, 6.07) is 11.0. The van der Waals surface area contributed by atoms with Gasteiger partial charge in [0.2, 0.25) is 5.95 Å². The third-order valence-electron chi connectivity index (χ3n) is 7.16. The number of para-hydroxylation sites is 1. The van der Waals surface area contributed by atoms with E-state index in [1.807, 2.05) is 13.0 Å². The molecular weight excluding hydrogens is 516 g/mol. The highest BCUT2D eigenvalue weighted by atomic mass is 32.2. The molecule has 1 saturated heterocycles. The molecule has 1 fully saturated rings. The van der Waals surface area contributed by atoms with Gasteiger partial charge in [-0.05, 0) is 81.8 Å². The molecule has 2 aromatic heterocycles. The number of aromatic nitrogens is 4. The molecule has 3 N–H and O–H groups in total. The van der Waals surface area contributed by atoms with Gasteiger partial charge in [-0.25, -0.2) is 8.42 Å². The fourth-order valence-corrected chi connectivity index (χ4v) is 6.16. The maximum atomic E-state index is 13.1. The number of fused-ring (bicyclic) bond motifs is 1. The Morgan fingerprint density at radius 3 is 2.51 bits per heavy atom. The number of anilines is 4. The molecule has 0 atom stereocenters. The van der Waals surface area contributed by atoms with Crippen molar-refractivity contribution in [3.63, 3.8) is 0 Å². The third-order valence-corrected chi connectivity index (χ3v) is 9.37. The lowest BCUT2D eigenvalue weighted by molar-refractivity contribution is 0.0852. The number of benzene rings is 2. The summed E-state index contributed by atoms with van der Waals surface area (Å²) < 4.78 is 37.4. The number of rotatable bonds is 8. The van der Waals surface area contributed by atoms with E-state index in [0.717, 1.165) is 37.3 Å². The van der Waals surface area contributed by atoms with E-state index < -0.39 is 15.1 Å². The predicted octanol–water partition coefficient (Wildman–Crippen LogP) is 5.54. The molecule has 3 heterocycles. The number of H-pyrrole nitrogens is 1. The Balaban J connectivity index is 1.54. The van der Waals surface area contributed by atoms with Gasteiger partial charge in [-0.3, -0.25) is 5.10 Å². The summed E-state index contributed by atoms with van der Waals surface area (Å²) in [5.74, 6) is 1.87. The maximum absolute atomic E-state index is 13.1. The summed E-state index contributed by atoms with van der Waals surface area (Å²) in [5, 5.41) is 13.9. The molecule has 1 aliphatic heterocycles. The fraction of sp³-hybridized carbons (Fsp3) is 0.393. The second-order valence-corrected chi connectivity index (χ2v) is 12.5. The van der Waals surface area contributed by atoms with Crippen LogP contribution < -0.4 is 15.4 Å². The molecule has 0 amide bonds. The molecule has 4 aromatic rings. The first-order valence-corrected chi connectivity index (χ1v) is 14.6. The van der Waals surface area contributed by atoms with E-state index >= 15 is 0 Å². The molecule has 11 heteroatoms. The molecule has 0 unspecified atom stereocenters. The predicted molar refractivity (Wildman–Crippen MR) is 152 cm³/mol. The van der Waals surface area contributed by atoms with Crippen LogP contribution in [0.15, 0.2) is 41.3 Å². The highest BCUT2D eigenvalue weighted by molar-refractivity contribution is 7.92. The number of methoxy groups -OCH3 is 1. The average molecular weight is 551 g/mol. The lowest BCUT2D eigenvalue weighted by atomic mass is 9.88. The van der Waals surface area contributed by atoms with Gasteiger partial charge in [-0.1, -0.05) is 12.1 Å². The SMILES string of the molecule is COc1cc(C2CCOCC2)c(C)cc1Nc1nc(Nc2ccccc2S(=O)(=O)C(C)C)c2c(C)n[nH]c2n1. The van der Waals surface area contributed by atoms with E-state index in [9.17, 15) is 8.42 Å². The summed E-state index contributed by atoms with van der Waals surface area (Å²) in [6.45, 7) is 8.80. The van der Waals surface area contributed by atoms with E-state index in [1.54, 1.807) is 45.2 Å². The van der Waals surface area contributed by atoms with Crippen LogP contribution >= 0.6 is 0 Å². The lowest BCUT2D eigenvalue weighted by Crippen LogP contribution is -2.16. The van der Waals surface area contributed by atoms with Gasteiger partial charge in [0.1, 0.15) is 11.6 Å². The first-order valence-electron chi connectivity index (χ1n) is 13.0. The lowest BCUT2D eigenvalue weighted by Gasteiger charge is -2.25. The molecule has 206 valence electrons. The summed E-state index contributed by atoms with van der Waals surface area (Å²) in [7, 11) is -1.89. The quantitative estimate of drug-likeness (QED) is 0.259. The number of nitrogens with one attached hydrogen (secondary N) is 3. The molecule has 0 aliphatic carbocycles. The molecule has 0 radical (unpaired) electrons. The molecule has 1 aliphatic rings. The topological polar surface area (TPSA) is 131 Å². The summed E-state index contributed by atoms with van der Waals surface area (Å²) >= 11 is 0. The normalized spacial score (nSPS) is 14.6. The molecular formula is C28H34N6O4S. The molecule has 5 rings (SSSR count). The van der Waals surface area contributed by atoms with Crippen LogP contribution in [0.2, 0.25) is 0 Å². The van der Waals surface area contributed by atoms with Crippen molar-refractivity contribution >= 4 is 44.0 Å². The fourth-order valence-electron chi connectivity index (χ4n) is 4.96. The van der Waals surface area contributed by atoms with Gasteiger partial charge in [0.25, 0.3) is 0 Å². The molecule has 39 heavy (non-hydrogen) atoms. The first kappa shape index (κ1) is 26.9. The largest absolute Gasteiger partial charge is 0.495 e. The molecule has 2 aromatic carbocycles. The Morgan fingerprint density at radius 2 is 1.79 bits per heavy atom. The number of nitrogens with zero attached hydrogens (tertiary/aromatic N) is 3. The van der Waals surface area contributed by atoms with Crippen molar-refractivity contribution in [2.45, 2.75) is 56.6 Å². The number of ether oxygens (including phenoxy) is 2. The van der Waals surface area contributed by atoms with Crippen molar-refractivity contribution in [2.75, 3.05) is 31.0 Å². The van der Waals surface area contributed by atoms with Gasteiger partial charge < -0.3 is 20.1 Å². The van der Waals surface area contributed by atoms with Crippen LogP contribution in [0, 0.1) is 13.8 Å². The minimum atomic E-state index is -3.53. The van der Waals surface area contributed by atoms with Crippen LogP contribution in [-0.2, 0) is 14.6 Å². The van der Waals surface area contributed by atoms with Crippen LogP contribution in [0.3, 0.4) is 0 Å². The van der Waals surface area contributed by atoms with Gasteiger partial charge in [-0.15, -0.1) is 0 Å². The van der Waals surface area contributed by atoms with Crippen LogP contribution in [-0.4, -0.2) is 54.2 Å². The zero-order valence-corrected chi connectivity index (χ0v) is 23.6. The molecule has 0 spiro atoms. The molecule has 10 nitrogen and oxygen atoms in total. The Morgan fingerprint density at radius 1 is 1.05 bits per heavy atom. The summed E-state index contributed by atoms with van der Waals surface area (Å²) in [4.78, 5) is 9.60. The standard InChI is InChI=1S/C28H34N6O4S/c1-16(2)39(35,36)24-9-7-6-8-21(24)29-26-25-18(4)33-34-27(25)32-28(31-26)30-22-14-17(3)20(15-23(22)37-5)19-10-12-38-13-11-19/h6-9,14-16,19H,10-13H2,1-5H3,(H3,29,30,31,32,33,34). The van der Waals surface area contributed by atoms with Crippen molar-refractivity contribution in [3.05, 3.63) is 53.2 Å². The maximum Gasteiger partial charge on any atom is 0.231 e. The zero-order chi connectivity index (χ0) is 27.7. The van der Waals surface area contributed by atoms with Gasteiger partial charge in [0, 0.05) is 13.2 Å². The molecule has 0 bridgehead atoms. The Kier molecular flexibility index (Phi) is 7.46. The van der Waals surface area contributed by atoms with Crippen molar-refractivity contribution in [2.24, 2.45) is 0 Å². The number of sulfone groups is 1. The van der Waals surface area contributed by atoms with Gasteiger partial charge in [0.15, 0.2) is 15.5 Å². The Hall–Kier alpha value is -3.70. The number of aryl methyl sites for hydroxylation is 2. The van der Waals surface area contributed by atoms with Crippen LogP contribution in [0.1, 0.15) is 49.4 Å². The van der Waals surface area contributed by atoms with Gasteiger partial charge >= 0.3 is 0 Å². The van der Waals surface area contributed by atoms with Crippen LogP contribution in [0.4, 0.5) is 23.1 Å². The zero-order valence-electron chi connectivity index (χ0n) is 22.8. The van der Waals surface area contributed by atoms with Crippen molar-refractivity contribution < 1.29 is 17.9 Å². The summed E-state index contributed by atoms with van der Waals surface area (Å²) in [6.07, 6.45) is 1.97. The number of aromatic amines is 1. The molecule has 0 saturated carbocycles. The highest BCUT2D eigenvalue weighted by Gasteiger charge is 2.24. The van der Waals surface area contributed by atoms with Crippen molar-refractivity contribution in [1.82, 2.24) is 20.2 Å². The van der Waals surface area contributed by atoms with Crippen molar-refractivity contribution in [1.29, 1.82) is 0 Å². The average Bonchev–Trinajstić information content (AvgIpc) is 3.30. The monoisotopic (exact) mass is 550 g/mol. The van der Waals surface area contributed by atoms with Crippen LogP contribution in [0.25, 0.3) is 11.0 Å². The first-order chi connectivity index (χ1) is 18.7. The van der Waals surface area contributed by atoms with E-state index in [2.05, 4.69) is 38.8 Å². The van der Waals surface area contributed by atoms with Gasteiger partial charge in [-0.2, -0.15) is 15.1 Å². The third kappa shape index (κ3) is 5.28. The van der Waals surface area contributed by atoms with E-state index in [0.29, 0.717) is 45.8 Å². The number of hydrogen-bond acceptors (Lipinski definition) is 9. The van der Waals surface area contributed by atoms with Gasteiger partial charge in [0.05, 0.1) is 39.7 Å². The second kappa shape index (κ2) is 10.8. The van der Waals surface area contributed by atoms with E-state index in [1.165, 1.54) is 5.56 Å². The summed E-state index contributed by atoms with van der Waals surface area (Å²) in [5.41, 5.74) is 4.78. The highest BCUT2D eigenvalue weighted by Crippen LogP contribution is 2.38. The van der Waals surface area contributed by atoms with Crippen molar-refractivity contribution in [3.8, 4) is 5.75 Å².